The summed E-state index contributed by atoms with van der Waals surface area (Å²) >= 11 is 0. The molecule has 21 heavy (non-hydrogen) atoms. The maximum Gasteiger partial charge on any atom is 0.358 e. The van der Waals surface area contributed by atoms with Crippen molar-refractivity contribution in [2.45, 2.75) is 19.8 Å². The predicted octanol–water partition coefficient (Wildman–Crippen LogP) is 1.49. The van der Waals surface area contributed by atoms with Crippen molar-refractivity contribution in [2.75, 3.05) is 0 Å². The lowest BCUT2D eigenvalue weighted by molar-refractivity contribution is 0.0679. The Labute approximate surface area is 119 Å². The van der Waals surface area contributed by atoms with Crippen molar-refractivity contribution in [3.63, 3.8) is 0 Å². The van der Waals surface area contributed by atoms with Crippen molar-refractivity contribution in [2.24, 2.45) is 0 Å². The lowest BCUT2D eigenvalue weighted by atomic mass is 10.1. The van der Waals surface area contributed by atoms with Gasteiger partial charge in [-0.25, -0.2) is 14.3 Å². The summed E-state index contributed by atoms with van der Waals surface area (Å²) in [6.07, 6.45) is 0. The number of nitrogens with zero attached hydrogens (tertiary/aromatic N) is 3. The van der Waals surface area contributed by atoms with Gasteiger partial charge in [0, 0.05) is 0 Å². The van der Waals surface area contributed by atoms with Gasteiger partial charge in [-0.2, -0.15) is 0 Å². The zero-order valence-electron chi connectivity index (χ0n) is 11.3. The molecule has 110 valence electrons. The smallest absolute Gasteiger partial charge is 0.358 e. The second kappa shape index (κ2) is 5.23. The highest BCUT2D eigenvalue weighted by molar-refractivity contribution is 5.91. The van der Waals surface area contributed by atoms with Crippen molar-refractivity contribution >= 4 is 11.9 Å². The Morgan fingerprint density at radius 2 is 1.86 bits per heavy atom. The van der Waals surface area contributed by atoms with Crippen molar-refractivity contribution in [1.29, 1.82) is 0 Å². The molecule has 8 nitrogen and oxygen atoms in total. The molecule has 0 radical (unpaired) electrons. The molecule has 0 aliphatic rings. The third-order valence-electron chi connectivity index (χ3n) is 2.91. The summed E-state index contributed by atoms with van der Waals surface area (Å²) in [5.41, 5.74) is 0.183. The van der Waals surface area contributed by atoms with Crippen LogP contribution in [0.2, 0.25) is 0 Å². The predicted molar refractivity (Wildman–Crippen MR) is 71.0 cm³/mol. The average molecular weight is 291 g/mol. The largest absolute Gasteiger partial charge is 0.507 e. The van der Waals surface area contributed by atoms with Crippen LogP contribution in [0.3, 0.4) is 0 Å². The molecule has 1 aromatic carbocycles. The summed E-state index contributed by atoms with van der Waals surface area (Å²) in [4.78, 5) is 22.2. The molecular weight excluding hydrogens is 278 g/mol. The maximum atomic E-state index is 11.2. The van der Waals surface area contributed by atoms with Gasteiger partial charge in [0.05, 0.1) is 11.4 Å². The Balaban J connectivity index is 2.65. The molecule has 0 saturated carbocycles. The van der Waals surface area contributed by atoms with Crippen LogP contribution >= 0.6 is 0 Å². The van der Waals surface area contributed by atoms with Crippen LogP contribution in [-0.2, 0) is 0 Å². The third-order valence-corrected chi connectivity index (χ3v) is 2.91. The summed E-state index contributed by atoms with van der Waals surface area (Å²) in [6, 6.07) is 3.86. The quantitative estimate of drug-likeness (QED) is 0.779. The van der Waals surface area contributed by atoms with E-state index < -0.39 is 11.9 Å². The lowest BCUT2D eigenvalue weighted by Gasteiger charge is -2.11. The molecule has 1 aromatic heterocycles. The zero-order valence-corrected chi connectivity index (χ0v) is 11.3. The van der Waals surface area contributed by atoms with Gasteiger partial charge in [-0.3, -0.25) is 0 Å². The van der Waals surface area contributed by atoms with Gasteiger partial charge < -0.3 is 15.3 Å². The zero-order chi connectivity index (χ0) is 15.7. The molecule has 3 N–H and O–H groups in total. The van der Waals surface area contributed by atoms with E-state index >= 15 is 0 Å². The Morgan fingerprint density at radius 3 is 2.38 bits per heavy atom. The summed E-state index contributed by atoms with van der Waals surface area (Å²) in [5, 5.41) is 35.0. The molecule has 0 saturated heterocycles. The van der Waals surface area contributed by atoms with Crippen LogP contribution in [0, 0.1) is 0 Å². The van der Waals surface area contributed by atoms with Crippen molar-refractivity contribution in [1.82, 2.24) is 15.0 Å². The van der Waals surface area contributed by atoms with Crippen LogP contribution in [0.4, 0.5) is 0 Å². The topological polar surface area (TPSA) is 126 Å². The first-order chi connectivity index (χ1) is 9.82. The summed E-state index contributed by atoms with van der Waals surface area (Å²) in [7, 11) is 0. The van der Waals surface area contributed by atoms with Crippen molar-refractivity contribution < 1.29 is 24.9 Å². The molecule has 0 amide bonds. The highest BCUT2D eigenvalue weighted by Crippen LogP contribution is 2.25. The van der Waals surface area contributed by atoms with E-state index in [2.05, 4.69) is 10.3 Å². The molecule has 1 heterocycles. The molecule has 0 spiro atoms. The second-order valence-electron chi connectivity index (χ2n) is 4.70. The first-order valence-corrected chi connectivity index (χ1v) is 6.08. The van der Waals surface area contributed by atoms with E-state index in [1.807, 2.05) is 0 Å². The maximum absolute atomic E-state index is 11.2. The number of aromatic carboxylic acids is 2. The first-order valence-electron chi connectivity index (χ1n) is 6.08. The highest BCUT2D eigenvalue weighted by Gasteiger charge is 2.23. The van der Waals surface area contributed by atoms with Crippen molar-refractivity contribution in [3.8, 4) is 11.4 Å². The highest BCUT2D eigenvalue weighted by atomic mass is 16.4. The fraction of sp³-hybridized carbons (Fsp3) is 0.231. The van der Waals surface area contributed by atoms with Gasteiger partial charge in [-0.1, -0.05) is 19.1 Å². The number of hydrogen-bond donors (Lipinski definition) is 3. The SMILES string of the molecule is CC(C)c1c(C(=O)O)nnn1-c1ccc(O)c(C(=O)O)c1. The van der Waals surface area contributed by atoms with Crippen LogP contribution < -0.4 is 0 Å². The van der Waals surface area contributed by atoms with Gasteiger partial charge in [0.15, 0.2) is 5.69 Å². The van der Waals surface area contributed by atoms with E-state index in [-0.39, 0.29) is 22.9 Å². The molecule has 8 heteroatoms. The molecule has 0 aliphatic heterocycles. The van der Waals surface area contributed by atoms with Crippen LogP contribution in [0.1, 0.15) is 46.3 Å². The number of aromatic nitrogens is 3. The van der Waals surface area contributed by atoms with Gasteiger partial charge in [0.25, 0.3) is 0 Å². The third kappa shape index (κ3) is 2.55. The molecule has 0 fully saturated rings. The van der Waals surface area contributed by atoms with E-state index in [0.29, 0.717) is 11.4 Å². The summed E-state index contributed by atoms with van der Waals surface area (Å²) in [5.74, 6) is -3.06. The summed E-state index contributed by atoms with van der Waals surface area (Å²) in [6.45, 7) is 3.56. The van der Waals surface area contributed by atoms with Crippen LogP contribution in [-0.4, -0.2) is 42.3 Å². The monoisotopic (exact) mass is 291 g/mol. The van der Waals surface area contributed by atoms with Gasteiger partial charge in [0.1, 0.15) is 11.3 Å². The minimum atomic E-state index is -1.29. The normalized spacial score (nSPS) is 10.8. The molecule has 2 aromatic rings. The van der Waals surface area contributed by atoms with E-state index in [9.17, 15) is 14.7 Å². The molecular formula is C13H13N3O5. The summed E-state index contributed by atoms with van der Waals surface area (Å²) < 4.78 is 1.26. The number of carbonyl (C=O) groups is 2. The van der Waals surface area contributed by atoms with Gasteiger partial charge in [0.2, 0.25) is 0 Å². The Kier molecular flexibility index (Phi) is 3.62. The van der Waals surface area contributed by atoms with Crippen LogP contribution in [0.25, 0.3) is 5.69 Å². The van der Waals surface area contributed by atoms with Crippen LogP contribution in [0.5, 0.6) is 5.75 Å². The van der Waals surface area contributed by atoms with Crippen LogP contribution in [0.15, 0.2) is 18.2 Å². The number of aromatic hydroxyl groups is 1. The minimum Gasteiger partial charge on any atom is -0.507 e. The number of phenols is 1. The molecule has 0 aliphatic carbocycles. The standard InChI is InChI=1S/C13H13N3O5/c1-6(2)11-10(13(20)21)14-15-16(11)7-3-4-9(17)8(5-7)12(18)19/h3-6,17H,1-2H3,(H,18,19)(H,20,21). The first kappa shape index (κ1) is 14.5. The fourth-order valence-electron chi connectivity index (χ4n) is 1.98. The molecule has 0 atom stereocenters. The number of carboxylic acids is 2. The Hall–Kier alpha value is -2.90. The minimum absolute atomic E-state index is 0.185. The average Bonchev–Trinajstić information content (AvgIpc) is 2.83. The van der Waals surface area contributed by atoms with E-state index in [0.717, 1.165) is 0 Å². The number of hydrogen-bond acceptors (Lipinski definition) is 5. The second-order valence-corrected chi connectivity index (χ2v) is 4.70. The molecule has 2 rings (SSSR count). The molecule has 0 unspecified atom stereocenters. The Bertz CT molecular complexity index is 721. The van der Waals surface area contributed by atoms with Gasteiger partial charge in [-0.15, -0.1) is 5.10 Å². The number of benzene rings is 1. The number of rotatable bonds is 4. The lowest BCUT2D eigenvalue weighted by Crippen LogP contribution is -2.09. The van der Waals surface area contributed by atoms with Gasteiger partial charge >= 0.3 is 11.9 Å². The Morgan fingerprint density at radius 1 is 1.19 bits per heavy atom. The van der Waals surface area contributed by atoms with E-state index in [4.69, 9.17) is 10.2 Å². The number of carboxylic acid groups (broad SMARTS) is 2. The van der Waals surface area contributed by atoms with Gasteiger partial charge in [-0.05, 0) is 24.1 Å². The van der Waals surface area contributed by atoms with Crippen molar-refractivity contribution in [3.05, 3.63) is 35.2 Å². The van der Waals surface area contributed by atoms with E-state index in [1.54, 1.807) is 13.8 Å². The molecule has 0 bridgehead atoms. The fourth-order valence-corrected chi connectivity index (χ4v) is 1.98. The van der Waals surface area contributed by atoms with E-state index in [1.165, 1.54) is 22.9 Å².